The maximum absolute atomic E-state index is 13.0. The van der Waals surface area contributed by atoms with E-state index in [2.05, 4.69) is 41.1 Å². The molecule has 4 aromatic rings. The number of aromatic nitrogens is 6. The van der Waals surface area contributed by atoms with Gasteiger partial charge in [0.15, 0.2) is 5.15 Å². The second-order valence-electron chi connectivity index (χ2n) is 8.30. The van der Waals surface area contributed by atoms with Crippen LogP contribution >= 0.6 is 35.0 Å². The van der Waals surface area contributed by atoms with Gasteiger partial charge < -0.3 is 10.1 Å². The predicted octanol–water partition coefficient (Wildman–Crippen LogP) is 5.23. The van der Waals surface area contributed by atoms with Gasteiger partial charge in [-0.2, -0.15) is 21.5 Å². The average molecular weight is 600 g/mol. The van der Waals surface area contributed by atoms with Crippen molar-refractivity contribution in [3.8, 4) is 16.8 Å². The molecule has 0 saturated heterocycles. The van der Waals surface area contributed by atoms with Crippen LogP contribution in [0.15, 0.2) is 60.9 Å². The molecule has 11 nitrogen and oxygen atoms in total. The monoisotopic (exact) mass is 598 g/mol. The van der Waals surface area contributed by atoms with E-state index in [0.717, 1.165) is 11.3 Å². The van der Waals surface area contributed by atoms with E-state index in [0.29, 0.717) is 39.6 Å². The number of hydrogen-bond acceptors (Lipinski definition) is 9. The van der Waals surface area contributed by atoms with Crippen LogP contribution in [0.5, 0.6) is 0 Å². The molecule has 0 spiro atoms. The fourth-order valence-electron chi connectivity index (χ4n) is 3.72. The fraction of sp³-hybridized carbons (Fsp3) is 0.192. The number of tetrazole rings is 1. The number of methoxy groups -OCH3 is 1. The van der Waals surface area contributed by atoms with Gasteiger partial charge >= 0.3 is 6.09 Å². The molecule has 0 unspecified atom stereocenters. The summed E-state index contributed by atoms with van der Waals surface area (Å²) in [4.78, 5) is 24.5. The van der Waals surface area contributed by atoms with Gasteiger partial charge in [0.25, 0.3) is 0 Å². The number of amides is 2. The Bertz CT molecular complexity index is 1500. The third-order valence-electron chi connectivity index (χ3n) is 5.68. The van der Waals surface area contributed by atoms with Crippen molar-refractivity contribution in [2.24, 2.45) is 0 Å². The lowest BCUT2D eigenvalue weighted by Crippen LogP contribution is -2.28. The summed E-state index contributed by atoms with van der Waals surface area (Å²) in [5.41, 5.74) is 3.85. The Kier molecular flexibility index (Phi) is 10.1. The molecule has 2 heterocycles. The molecule has 40 heavy (non-hydrogen) atoms. The molecule has 0 aliphatic heterocycles. The highest BCUT2D eigenvalue weighted by Gasteiger charge is 2.18. The molecule has 14 heteroatoms. The SMILES string of the molecule is COC(=O)Nc1ccc(-c2cc([C@H](CCSC)NC(=O)C=Cc3cc(Cl)ccc3-n3cnnn3)nnc2Cl)cc1. The van der Waals surface area contributed by atoms with Crippen LogP contribution in [0.1, 0.15) is 23.7 Å². The van der Waals surface area contributed by atoms with Crippen LogP contribution in [0, 0.1) is 0 Å². The summed E-state index contributed by atoms with van der Waals surface area (Å²) in [5.74, 6) is 0.449. The van der Waals surface area contributed by atoms with Crippen LogP contribution in [0.25, 0.3) is 22.9 Å². The zero-order valence-electron chi connectivity index (χ0n) is 21.4. The van der Waals surface area contributed by atoms with Crippen LogP contribution in [0.3, 0.4) is 0 Å². The molecule has 2 aromatic heterocycles. The van der Waals surface area contributed by atoms with Crippen molar-refractivity contribution in [3.05, 3.63) is 82.4 Å². The Morgan fingerprint density at radius 3 is 2.62 bits per heavy atom. The molecule has 0 fully saturated rings. The molecule has 0 radical (unpaired) electrons. The van der Waals surface area contributed by atoms with Gasteiger partial charge in [0, 0.05) is 27.9 Å². The maximum atomic E-state index is 13.0. The molecule has 2 amide bonds. The highest BCUT2D eigenvalue weighted by molar-refractivity contribution is 7.98. The Morgan fingerprint density at radius 1 is 1.12 bits per heavy atom. The number of hydrogen-bond donors (Lipinski definition) is 2. The molecule has 0 saturated carbocycles. The average Bonchev–Trinajstić information content (AvgIpc) is 3.50. The molecule has 2 N–H and O–H groups in total. The highest BCUT2D eigenvalue weighted by Crippen LogP contribution is 2.30. The van der Waals surface area contributed by atoms with E-state index >= 15 is 0 Å². The van der Waals surface area contributed by atoms with Gasteiger partial charge in [-0.05, 0) is 76.9 Å². The molecule has 0 aliphatic rings. The lowest BCUT2D eigenvalue weighted by atomic mass is 10.0. The quantitative estimate of drug-likeness (QED) is 0.235. The van der Waals surface area contributed by atoms with E-state index in [9.17, 15) is 9.59 Å². The van der Waals surface area contributed by atoms with E-state index in [1.54, 1.807) is 66.4 Å². The molecule has 206 valence electrons. The van der Waals surface area contributed by atoms with Gasteiger partial charge in [0.05, 0.1) is 24.5 Å². The minimum atomic E-state index is -0.568. The Morgan fingerprint density at radius 2 is 1.93 bits per heavy atom. The number of nitrogens with one attached hydrogen (secondary N) is 2. The van der Waals surface area contributed by atoms with Gasteiger partial charge in [-0.1, -0.05) is 35.3 Å². The molecule has 4 rings (SSSR count). The summed E-state index contributed by atoms with van der Waals surface area (Å²) < 4.78 is 6.10. The second kappa shape index (κ2) is 13.9. The first-order valence-corrected chi connectivity index (χ1v) is 14.0. The third kappa shape index (κ3) is 7.56. The van der Waals surface area contributed by atoms with Crippen LogP contribution in [0.2, 0.25) is 10.2 Å². The number of carbonyl (C=O) groups is 2. The lowest BCUT2D eigenvalue weighted by Gasteiger charge is -2.18. The van der Waals surface area contributed by atoms with E-state index in [1.165, 1.54) is 24.2 Å². The summed E-state index contributed by atoms with van der Waals surface area (Å²) in [6.07, 6.45) is 6.56. The first-order valence-electron chi connectivity index (χ1n) is 11.9. The normalized spacial score (nSPS) is 11.8. The first-order chi connectivity index (χ1) is 19.4. The first kappa shape index (κ1) is 29.0. The number of carbonyl (C=O) groups excluding carboxylic acids is 2. The summed E-state index contributed by atoms with van der Waals surface area (Å²) in [6, 6.07) is 13.6. The topological polar surface area (TPSA) is 137 Å². The summed E-state index contributed by atoms with van der Waals surface area (Å²) in [6.45, 7) is 0. The van der Waals surface area contributed by atoms with Crippen molar-refractivity contribution < 1.29 is 14.3 Å². The Labute approximate surface area is 244 Å². The van der Waals surface area contributed by atoms with Crippen LogP contribution < -0.4 is 10.6 Å². The predicted molar refractivity (Wildman–Crippen MR) is 156 cm³/mol. The highest BCUT2D eigenvalue weighted by atomic mass is 35.5. The van der Waals surface area contributed by atoms with Crippen molar-refractivity contribution in [1.29, 1.82) is 0 Å². The molecule has 2 aromatic carbocycles. The Balaban J connectivity index is 1.55. The minimum absolute atomic E-state index is 0.211. The van der Waals surface area contributed by atoms with Crippen molar-refractivity contribution in [2.75, 3.05) is 24.4 Å². The number of thioether (sulfide) groups is 1. The largest absolute Gasteiger partial charge is 0.453 e. The van der Waals surface area contributed by atoms with E-state index in [4.69, 9.17) is 23.2 Å². The number of benzene rings is 2. The van der Waals surface area contributed by atoms with Crippen LogP contribution in [-0.2, 0) is 9.53 Å². The van der Waals surface area contributed by atoms with E-state index < -0.39 is 12.1 Å². The summed E-state index contributed by atoms with van der Waals surface area (Å²) in [7, 11) is 1.29. The van der Waals surface area contributed by atoms with Crippen molar-refractivity contribution in [1.82, 2.24) is 35.7 Å². The van der Waals surface area contributed by atoms with Gasteiger partial charge in [0.2, 0.25) is 5.91 Å². The Hall–Kier alpha value is -4.00. The lowest BCUT2D eigenvalue weighted by molar-refractivity contribution is -0.117. The zero-order valence-corrected chi connectivity index (χ0v) is 23.7. The van der Waals surface area contributed by atoms with E-state index in [-0.39, 0.29) is 11.1 Å². The van der Waals surface area contributed by atoms with Gasteiger partial charge in [-0.3, -0.25) is 10.1 Å². The zero-order chi connectivity index (χ0) is 28.5. The number of ether oxygens (including phenoxy) is 1. The third-order valence-corrected chi connectivity index (χ3v) is 6.84. The van der Waals surface area contributed by atoms with Crippen molar-refractivity contribution in [3.63, 3.8) is 0 Å². The number of halogens is 2. The molecule has 1 atom stereocenters. The maximum Gasteiger partial charge on any atom is 0.411 e. The van der Waals surface area contributed by atoms with Crippen molar-refractivity contribution >= 4 is 58.7 Å². The molecular weight excluding hydrogens is 575 g/mol. The van der Waals surface area contributed by atoms with Gasteiger partial charge in [0.1, 0.15) is 6.33 Å². The van der Waals surface area contributed by atoms with E-state index in [1.807, 2.05) is 6.26 Å². The molecule has 0 aliphatic carbocycles. The summed E-state index contributed by atoms with van der Waals surface area (Å²) in [5, 5.41) is 26.0. The van der Waals surface area contributed by atoms with Gasteiger partial charge in [-0.25, -0.2) is 4.79 Å². The second-order valence-corrected chi connectivity index (χ2v) is 10.1. The van der Waals surface area contributed by atoms with Crippen molar-refractivity contribution in [2.45, 2.75) is 12.5 Å². The number of nitrogens with zero attached hydrogens (tertiary/aromatic N) is 6. The van der Waals surface area contributed by atoms with Gasteiger partial charge in [-0.15, -0.1) is 10.2 Å². The van der Waals surface area contributed by atoms with Crippen LogP contribution in [0.4, 0.5) is 10.5 Å². The fourth-order valence-corrected chi connectivity index (χ4v) is 4.57. The van der Waals surface area contributed by atoms with Crippen LogP contribution in [-0.4, -0.2) is 61.5 Å². The summed E-state index contributed by atoms with van der Waals surface area (Å²) >= 11 is 14.2. The molecule has 0 bridgehead atoms. The number of anilines is 1. The standard InChI is InChI=1S/C26H24Cl2N8O3S/c1-39-26(38)30-19-7-3-16(4-8-19)20-14-22(32-33-25(20)28)21(11-12-40-2)31-24(37)10-5-17-13-18(27)6-9-23(17)36-15-29-34-35-36/h3-10,13-15,21H,11-12H2,1-2H3,(H,30,38)(H,31,37)/t21-/m0/s1. The molecular formula is C26H24Cl2N8O3S. The number of rotatable bonds is 10. The smallest absolute Gasteiger partial charge is 0.411 e. The minimum Gasteiger partial charge on any atom is -0.453 e.